The lowest BCUT2D eigenvalue weighted by molar-refractivity contribution is -0.160. The summed E-state index contributed by atoms with van der Waals surface area (Å²) < 4.78 is 23.7. The normalized spacial score (nSPS) is 32.4. The Morgan fingerprint density at radius 3 is 2.22 bits per heavy atom. The van der Waals surface area contributed by atoms with Crippen LogP contribution in [0.3, 0.4) is 0 Å². The second-order valence-corrected chi connectivity index (χ2v) is 17.8. The van der Waals surface area contributed by atoms with E-state index in [1.54, 1.807) is 39.8 Å². The fourth-order valence-corrected chi connectivity index (χ4v) is 9.47. The number of ketones is 1. The number of carbonyl (C=O) groups excluding carboxylic acids is 3. The molecule has 344 valence electrons. The molecule has 1 aliphatic carbocycles. The van der Waals surface area contributed by atoms with Gasteiger partial charge in [-0.25, -0.2) is 0 Å². The minimum absolute atomic E-state index is 0.0631. The molecular formula is C47H64N4O12. The molecule has 4 heterocycles. The summed E-state index contributed by atoms with van der Waals surface area (Å²) in [7, 11) is 1.44. The third-order valence-electron chi connectivity index (χ3n) is 13.5. The standard InChI is InChI=1S/C47H64N4O12/c1-24-13-12-14-25(2)46(59)49-37-32(23-48-51-20-18-50(19-21-51)31-15-10-11-16-31)41(56)34-35(42(37)57)40(55)29(6)44-36(34)45(58)47(8,63-44)61-22-17-33(60-9)26(3)43(62-30(7)52)28(5)39(54)27(4)38(24)53/h12-14,17,22-24,26-28,31,33,38-39,43,53-57H,10-11,15-16,18-21H2,1-9H3,(H,49,59)/b13-12+,22-17+,25-14-,48-23+/t24-,26-,27+,28+,33-,38-,39+,43+,47-/m0/s1. The van der Waals surface area contributed by atoms with Crippen LogP contribution >= 0.6 is 0 Å². The van der Waals surface area contributed by atoms with Crippen LogP contribution < -0.4 is 10.1 Å². The van der Waals surface area contributed by atoms with Crippen LogP contribution in [0.1, 0.15) is 95.6 Å². The number of nitrogens with one attached hydrogen (secondary N) is 1. The Bertz CT molecular complexity index is 2190. The highest BCUT2D eigenvalue weighted by atomic mass is 16.7. The summed E-state index contributed by atoms with van der Waals surface area (Å²) >= 11 is 0. The molecule has 2 fully saturated rings. The van der Waals surface area contributed by atoms with E-state index < -0.39 is 88.8 Å². The van der Waals surface area contributed by atoms with Crippen LogP contribution in [-0.4, -0.2) is 129 Å². The first-order chi connectivity index (χ1) is 29.8. The quantitative estimate of drug-likeness (QED) is 0.0926. The van der Waals surface area contributed by atoms with Crippen molar-refractivity contribution in [2.24, 2.45) is 28.8 Å². The van der Waals surface area contributed by atoms with Gasteiger partial charge in [-0.1, -0.05) is 58.8 Å². The molecule has 1 amide bonds. The molecule has 5 aliphatic rings. The molecule has 16 heteroatoms. The fourth-order valence-electron chi connectivity index (χ4n) is 9.47. The van der Waals surface area contributed by atoms with Gasteiger partial charge in [0.15, 0.2) is 5.75 Å². The molecule has 2 aromatic carbocycles. The van der Waals surface area contributed by atoms with Crippen LogP contribution in [0.5, 0.6) is 23.0 Å². The van der Waals surface area contributed by atoms with Gasteiger partial charge in [0.2, 0.25) is 0 Å². The molecular weight excluding hydrogens is 813 g/mol. The lowest BCUT2D eigenvalue weighted by atomic mass is 9.78. The van der Waals surface area contributed by atoms with Crippen molar-refractivity contribution in [2.75, 3.05) is 38.6 Å². The zero-order valence-corrected chi connectivity index (χ0v) is 37.8. The smallest absolute Gasteiger partial charge is 0.312 e. The van der Waals surface area contributed by atoms with Crippen molar-refractivity contribution in [1.29, 1.82) is 0 Å². The number of aliphatic hydroxyl groups is 2. The summed E-state index contributed by atoms with van der Waals surface area (Å²) in [6.07, 6.45) is 9.75. The first-order valence-corrected chi connectivity index (χ1v) is 21.9. The van der Waals surface area contributed by atoms with Crippen molar-refractivity contribution in [1.82, 2.24) is 9.91 Å². The lowest BCUT2D eigenvalue weighted by Gasteiger charge is -2.38. The van der Waals surface area contributed by atoms with Crippen molar-refractivity contribution < 1.29 is 58.9 Å². The highest BCUT2D eigenvalue weighted by Gasteiger charge is 2.50. The van der Waals surface area contributed by atoms with Crippen molar-refractivity contribution >= 4 is 40.3 Å². The van der Waals surface area contributed by atoms with Gasteiger partial charge < -0.3 is 49.8 Å². The number of methoxy groups -OCH3 is 1. The molecule has 63 heavy (non-hydrogen) atoms. The number of allylic oxidation sites excluding steroid dienone is 2. The van der Waals surface area contributed by atoms with Gasteiger partial charge in [0.25, 0.3) is 11.7 Å². The number of anilines is 1. The summed E-state index contributed by atoms with van der Waals surface area (Å²) in [6.45, 7) is 15.4. The fraction of sp³-hybridized carbons (Fsp3) is 0.574. The van der Waals surface area contributed by atoms with E-state index in [-0.39, 0.29) is 44.5 Å². The lowest BCUT2D eigenvalue weighted by Crippen LogP contribution is -2.47. The monoisotopic (exact) mass is 876 g/mol. The van der Waals surface area contributed by atoms with Crippen LogP contribution in [0.25, 0.3) is 10.8 Å². The minimum Gasteiger partial charge on any atom is -0.507 e. The van der Waals surface area contributed by atoms with Gasteiger partial charge in [-0.05, 0) is 32.8 Å². The number of nitrogens with zero attached hydrogens (tertiary/aromatic N) is 3. The zero-order valence-electron chi connectivity index (χ0n) is 37.8. The second kappa shape index (κ2) is 19.3. The predicted molar refractivity (Wildman–Crippen MR) is 237 cm³/mol. The van der Waals surface area contributed by atoms with Gasteiger partial charge in [-0.15, -0.1) is 0 Å². The molecule has 1 saturated heterocycles. The van der Waals surface area contributed by atoms with Gasteiger partial charge in [0.1, 0.15) is 23.4 Å². The molecule has 0 radical (unpaired) electrons. The average molecular weight is 877 g/mol. The maximum Gasteiger partial charge on any atom is 0.312 e. The first-order valence-electron chi connectivity index (χ1n) is 21.9. The third-order valence-corrected chi connectivity index (χ3v) is 13.5. The molecule has 0 unspecified atom stereocenters. The van der Waals surface area contributed by atoms with Crippen LogP contribution in [0.2, 0.25) is 0 Å². The zero-order chi connectivity index (χ0) is 46.1. The molecule has 0 spiro atoms. The topological polar surface area (TPSA) is 220 Å². The Hall–Kier alpha value is -5.16. The molecule has 6 N–H and O–H groups in total. The summed E-state index contributed by atoms with van der Waals surface area (Å²) in [5.74, 6) is -8.28. The number of hydrogen-bond acceptors (Lipinski definition) is 15. The molecule has 7 rings (SSSR count). The molecule has 4 aliphatic heterocycles. The van der Waals surface area contributed by atoms with Crippen molar-refractivity contribution in [2.45, 2.75) is 117 Å². The third kappa shape index (κ3) is 9.40. The van der Waals surface area contributed by atoms with Gasteiger partial charge in [0.05, 0.1) is 53.0 Å². The van der Waals surface area contributed by atoms with E-state index in [4.69, 9.17) is 18.9 Å². The van der Waals surface area contributed by atoms with E-state index in [0.29, 0.717) is 19.1 Å². The highest BCUT2D eigenvalue weighted by Crippen LogP contribution is 2.55. The summed E-state index contributed by atoms with van der Waals surface area (Å²) in [5.41, 5.74) is -0.293. The van der Waals surface area contributed by atoms with Crippen molar-refractivity contribution in [3.05, 3.63) is 52.8 Å². The van der Waals surface area contributed by atoms with Crippen molar-refractivity contribution in [3.63, 3.8) is 0 Å². The van der Waals surface area contributed by atoms with Gasteiger partial charge in [-0.2, -0.15) is 5.10 Å². The Labute approximate surface area is 368 Å². The maximum atomic E-state index is 14.5. The van der Waals surface area contributed by atoms with E-state index in [0.717, 1.165) is 13.1 Å². The number of aliphatic hydroxyl groups excluding tert-OH is 2. The number of hydrazone groups is 1. The van der Waals surface area contributed by atoms with E-state index in [2.05, 4.69) is 15.3 Å². The first kappa shape index (κ1) is 47.3. The van der Waals surface area contributed by atoms with E-state index in [1.165, 1.54) is 85.1 Å². The minimum atomic E-state index is -2.04. The number of esters is 1. The molecule has 2 aromatic rings. The van der Waals surface area contributed by atoms with E-state index in [9.17, 15) is 39.9 Å². The Balaban J connectivity index is 1.47. The van der Waals surface area contributed by atoms with Crippen LogP contribution in [0.15, 0.2) is 41.2 Å². The van der Waals surface area contributed by atoms with Gasteiger partial charge in [-0.3, -0.25) is 24.3 Å². The Morgan fingerprint density at radius 2 is 1.59 bits per heavy atom. The summed E-state index contributed by atoms with van der Waals surface area (Å²) in [5, 5.41) is 67.6. The Morgan fingerprint density at radius 1 is 0.921 bits per heavy atom. The average Bonchev–Trinajstić information content (AvgIpc) is 3.89. The van der Waals surface area contributed by atoms with Crippen LogP contribution in [-0.2, 0) is 23.8 Å². The number of fused-ring (bicyclic) bond motifs is 14. The number of Topliss-reactive ketones (excluding diaryl/α,β-unsaturated/α-hetero) is 1. The maximum absolute atomic E-state index is 14.5. The number of ether oxygens (including phenoxy) is 4. The number of hydrogen-bond donors (Lipinski definition) is 6. The SMILES string of the molecule is CO[C@H]1/C=C/O[C@@]2(C)Oc3c(C)c(O)c4c(O)c(c(/C=N/N5CCN(C6CCCC6)CC5)c(O)c4c3C2=O)NC(=O)/C(C)=C\C=C\[C@H](C)[C@H](O)[C@@H](C)[C@@H](O)[C@@H](C)[C@H](OC(C)=O)[C@H]1C. The molecule has 1 saturated carbocycles. The number of phenols is 3. The molecule has 5 bridgehead atoms. The number of aromatic hydroxyl groups is 3. The van der Waals surface area contributed by atoms with Gasteiger partial charge in [0, 0.05) is 93.4 Å². The Kier molecular flexibility index (Phi) is 14.5. The molecule has 0 aromatic heterocycles. The van der Waals surface area contributed by atoms with E-state index >= 15 is 0 Å². The number of carbonyl (C=O) groups is 3. The number of amides is 1. The number of phenolic OH excluding ortho intramolecular Hbond substituents is 3. The predicted octanol–water partition coefficient (Wildman–Crippen LogP) is 5.65. The van der Waals surface area contributed by atoms with Crippen molar-refractivity contribution in [3.8, 4) is 23.0 Å². The van der Waals surface area contributed by atoms with Gasteiger partial charge >= 0.3 is 11.8 Å². The summed E-state index contributed by atoms with van der Waals surface area (Å²) in [4.78, 5) is 43.2. The number of rotatable bonds is 5. The number of piperazine rings is 1. The highest BCUT2D eigenvalue weighted by molar-refractivity contribution is 6.23. The van der Waals surface area contributed by atoms with Crippen LogP contribution in [0, 0.1) is 30.6 Å². The second-order valence-electron chi connectivity index (χ2n) is 17.8. The molecule has 9 atom stereocenters. The van der Waals surface area contributed by atoms with E-state index in [1.807, 2.05) is 5.01 Å². The molecule has 16 nitrogen and oxygen atoms in total. The van der Waals surface area contributed by atoms with Crippen LogP contribution in [0.4, 0.5) is 5.69 Å². The summed E-state index contributed by atoms with van der Waals surface area (Å²) in [6, 6.07) is 0.553. The largest absolute Gasteiger partial charge is 0.507 e. The number of benzene rings is 2.